The van der Waals surface area contributed by atoms with E-state index in [4.69, 9.17) is 24.7 Å². The van der Waals surface area contributed by atoms with Gasteiger partial charge in [-0.2, -0.15) is 0 Å². The Morgan fingerprint density at radius 2 is 0.802 bits per heavy atom. The molecule has 12 aliphatic rings. The first-order valence-corrected chi connectivity index (χ1v) is 48.7. The van der Waals surface area contributed by atoms with Gasteiger partial charge in [0.05, 0.1) is 24.4 Å². The monoisotopic (exact) mass is 1680 g/mol. The summed E-state index contributed by atoms with van der Waals surface area (Å²) in [4.78, 5) is 83.6. The number of aliphatic hydroxyl groups is 4. The maximum absolute atomic E-state index is 15.3. The maximum Gasteiger partial charge on any atom is 0.342 e. The van der Waals surface area contributed by atoms with Crippen LogP contribution in [0.3, 0.4) is 0 Å². The highest BCUT2D eigenvalue weighted by atomic mass is 16.6. The van der Waals surface area contributed by atoms with Crippen LogP contribution in [0, 0.1) is 121 Å². The molecule has 0 radical (unpaired) electrons. The van der Waals surface area contributed by atoms with Crippen LogP contribution < -0.4 is 21.7 Å². The van der Waals surface area contributed by atoms with Crippen molar-refractivity contribution >= 4 is 35.8 Å². The summed E-state index contributed by atoms with van der Waals surface area (Å²) in [6.45, 7) is 45.7. The van der Waals surface area contributed by atoms with Gasteiger partial charge in [-0.05, 0) is 411 Å². The highest BCUT2D eigenvalue weighted by Gasteiger charge is 2.71. The average Bonchev–Trinajstić information content (AvgIpc) is 1.62. The average molecular weight is 1680 g/mol. The fraction of sp³-hybridized carbons (Fsp3) is 0.825. The van der Waals surface area contributed by atoms with Crippen LogP contribution in [0.25, 0.3) is 0 Å². The third-order valence-electron chi connectivity index (χ3n) is 36.2. The number of carbonyl (C=O) groups excluding carboxylic acids is 6. The Kier molecular flexibility index (Phi) is 32.2. The number of nitrogens with one attached hydrogen (secondary N) is 3. The first-order valence-electron chi connectivity index (χ1n) is 48.7. The van der Waals surface area contributed by atoms with Gasteiger partial charge in [0.15, 0.2) is 0 Å². The number of hydrogen-bond donors (Lipinski definition) is 8. The van der Waals surface area contributed by atoms with Gasteiger partial charge in [0, 0.05) is 44.0 Å². The highest BCUT2D eigenvalue weighted by Crippen LogP contribution is 2.76. The summed E-state index contributed by atoms with van der Waals surface area (Å²) in [7, 11) is 0. The molecule has 0 saturated heterocycles. The van der Waals surface area contributed by atoms with Crippen molar-refractivity contribution in [1.82, 2.24) is 16.0 Å². The molecule has 0 aromatic rings. The minimum atomic E-state index is -0.736. The number of fused-ring (bicyclic) bond motifs is 15. The van der Waals surface area contributed by atoms with Gasteiger partial charge in [0.2, 0.25) is 5.91 Å². The van der Waals surface area contributed by atoms with Gasteiger partial charge in [-0.3, -0.25) is 19.2 Å². The Hall–Kier alpha value is -4.82. The Bertz CT molecular complexity index is 3860. The van der Waals surface area contributed by atoms with Crippen LogP contribution >= 0.6 is 0 Å². The lowest BCUT2D eigenvalue weighted by atomic mass is 9.37. The molecular weight excluding hydrogens is 1520 g/mol. The van der Waals surface area contributed by atoms with Crippen molar-refractivity contribution < 1.29 is 68.1 Å². The van der Waals surface area contributed by atoms with Crippen molar-refractivity contribution in [1.29, 1.82) is 0 Å². The number of rotatable bonds is 29. The van der Waals surface area contributed by atoms with E-state index < -0.39 is 47.6 Å². The third-order valence-corrected chi connectivity index (χ3v) is 36.2. The number of aliphatic hydroxyl groups excluding tert-OH is 4. The van der Waals surface area contributed by atoms with E-state index in [-0.39, 0.29) is 123 Å². The molecule has 0 spiro atoms. The van der Waals surface area contributed by atoms with Crippen LogP contribution in [-0.4, -0.2) is 138 Å². The first kappa shape index (κ1) is 96.8. The molecule has 8 unspecified atom stereocenters. The second kappa shape index (κ2) is 40.2. The summed E-state index contributed by atoms with van der Waals surface area (Å²) in [5, 5.41) is 55.6. The van der Waals surface area contributed by atoms with E-state index in [1.165, 1.54) is 39.2 Å². The van der Waals surface area contributed by atoms with Gasteiger partial charge in [0.25, 0.3) is 0 Å². The van der Waals surface area contributed by atoms with E-state index in [0.717, 1.165) is 195 Å². The molecule has 9 N–H and O–H groups in total. The van der Waals surface area contributed by atoms with Crippen molar-refractivity contribution in [2.45, 2.75) is 380 Å². The molecule has 0 bridgehead atoms. The lowest BCUT2D eigenvalue weighted by Crippen LogP contribution is -2.61. The van der Waals surface area contributed by atoms with Gasteiger partial charge < -0.3 is 61.1 Å². The number of allylic oxidation sites excluding steroid dienone is 6. The lowest BCUT2D eigenvalue weighted by molar-refractivity contribution is -0.198. The summed E-state index contributed by atoms with van der Waals surface area (Å²) in [5.74, 6) is 0.779. The smallest absolute Gasteiger partial charge is 0.342 e. The van der Waals surface area contributed by atoms with E-state index in [0.29, 0.717) is 110 Å². The third kappa shape index (κ3) is 19.8. The zero-order valence-electron chi connectivity index (χ0n) is 78.7. The molecule has 0 heterocycles. The minimum Gasteiger partial charge on any atom is -0.458 e. The second-order valence-electron chi connectivity index (χ2n) is 43.8. The minimum absolute atomic E-state index is 0.00762. The number of esters is 5. The van der Waals surface area contributed by atoms with Crippen LogP contribution in [-0.2, 0) is 47.7 Å². The topological polar surface area (TPSA) is 282 Å². The molecule has 18 nitrogen and oxygen atoms in total. The second-order valence-corrected chi connectivity index (χ2v) is 43.8. The molecule has 682 valence electrons. The van der Waals surface area contributed by atoms with Crippen molar-refractivity contribution in [2.75, 3.05) is 39.3 Å². The van der Waals surface area contributed by atoms with Gasteiger partial charge in [0.1, 0.15) is 18.3 Å². The summed E-state index contributed by atoms with van der Waals surface area (Å²) in [6, 6.07) is 0. The molecule has 28 atom stereocenters. The number of hydrogen-bond acceptors (Lipinski definition) is 17. The standard InChI is InChI=1S/C60H90O10.C43H76N4O4/c1-32(2)15-13-17-38(52-44-23-22-42-43(59(44,11)30-50(52)68-36(7)61)21-19-40-34(5)47(63)25-27-57(40,42)9)55(66)70-56(67)39(18-14-16-33(3)4)53-46-29-49(65)54-45(60(46,12)31-51(53)69-37(8)62)24-20-41-35(6)48(64)26-28-58(41,54)10;1-30(2)15-13-16-33(40(50)47-28-14-27-46-26-12-11-25-45-24-10-8-9-23-44)39-35-17-18-38-41(5)21-20-36(49)31(3)34(41)19-22-42(38,6)43(35,7)29-37(39)51-32(4)48/h15-16,34-35,40-51,54,63-65H,13-14,17-31H2,1-12H3;15,31,34-38,45-46,49H,8-14,16-29,44H2,1-7H3,(H,47,50)/b52-38-,53-39-;39-33-/t34?,35?,40-,41?,42+,43-,44?,45-,46?,47+,48+,49+,50-,51-,54-,57-,58-,59+,60+;31-,34?,35?,36+,37-,38?,41-,42-,43-/m00/s1. The maximum atomic E-state index is 15.3. The fourth-order valence-electron chi connectivity index (χ4n) is 30.2. The van der Waals surface area contributed by atoms with Gasteiger partial charge >= 0.3 is 29.8 Å². The van der Waals surface area contributed by atoms with E-state index in [9.17, 15) is 39.6 Å². The molecule has 1 amide bonds. The lowest BCUT2D eigenvalue weighted by Gasteiger charge is -2.68. The number of amides is 1. The Morgan fingerprint density at radius 1 is 0.397 bits per heavy atom. The van der Waals surface area contributed by atoms with Gasteiger partial charge in [-0.1, -0.05) is 111 Å². The zero-order chi connectivity index (χ0) is 88.2. The van der Waals surface area contributed by atoms with Crippen LogP contribution in [0.1, 0.15) is 337 Å². The van der Waals surface area contributed by atoms with Crippen LogP contribution in [0.2, 0.25) is 0 Å². The molecule has 121 heavy (non-hydrogen) atoms. The molecule has 12 rings (SSSR count). The molecule has 0 aliphatic heterocycles. The highest BCUT2D eigenvalue weighted by molar-refractivity contribution is 6.03. The SMILES string of the molecule is CC(=O)O[C@H]1C[C@@]2(C)C(CCC3[C@@]4(C)CC[C@@H](O)[C@@H](C)C4CC[C@@]32C)/C1=C(\CCC=C(C)C)C(=O)NCCCNCCCCNCCCCCN.CC(=O)O[C@H]1C[C@@]2(C)C(C[C@@H](O)[C@@H]3[C@@H]2CCC2C(C)[C@H](O)CC[C@@]23C)/C1=C(\CCC=C(C)C)C(=O)OC(=O)/C(CCC=C(C)C)=C1/C2CC[C@@H]3[C@H](CC[C@H]4C(C)[C@H](O)CC[C@]34C)[C@@]2(C)C[C@@H]1OC(C)=O. The van der Waals surface area contributed by atoms with Crippen molar-refractivity contribution in [3.63, 3.8) is 0 Å². The first-order chi connectivity index (χ1) is 57.2. The molecule has 12 fully saturated rings. The van der Waals surface area contributed by atoms with Crippen molar-refractivity contribution in [3.8, 4) is 0 Å². The summed E-state index contributed by atoms with van der Waals surface area (Å²) in [6.07, 6.45) is 30.8. The Morgan fingerprint density at radius 3 is 1.31 bits per heavy atom. The Balaban J connectivity index is 0.000000249. The molecule has 12 aliphatic carbocycles. The van der Waals surface area contributed by atoms with E-state index in [1.807, 2.05) is 27.7 Å². The predicted octanol–water partition coefficient (Wildman–Crippen LogP) is 18.7. The largest absolute Gasteiger partial charge is 0.458 e. The molecule has 0 aromatic carbocycles. The fourth-order valence-corrected chi connectivity index (χ4v) is 30.2. The van der Waals surface area contributed by atoms with Crippen molar-refractivity contribution in [3.05, 3.63) is 68.4 Å². The quantitative estimate of drug-likeness (QED) is 0.00863. The Labute approximate surface area is 729 Å². The van der Waals surface area contributed by atoms with Crippen LogP contribution in [0.5, 0.6) is 0 Å². The molecule has 18 heteroatoms. The number of nitrogens with two attached hydrogens (primary N) is 1. The normalized spacial score (nSPS) is 41.0. The predicted molar refractivity (Wildman–Crippen MR) is 479 cm³/mol. The zero-order valence-corrected chi connectivity index (χ0v) is 78.7. The van der Waals surface area contributed by atoms with Gasteiger partial charge in [-0.15, -0.1) is 0 Å². The number of unbranched alkanes of at least 4 members (excludes halogenated alkanes) is 3. The van der Waals surface area contributed by atoms with E-state index in [2.05, 4.69) is 117 Å². The van der Waals surface area contributed by atoms with Gasteiger partial charge in [-0.25, -0.2) is 9.59 Å². The number of ether oxygens (including phenoxy) is 4. The number of carbonyl (C=O) groups is 6. The molecule has 12 saturated carbocycles. The molecule has 0 aromatic heterocycles. The van der Waals surface area contributed by atoms with Crippen LogP contribution in [0.4, 0.5) is 0 Å². The van der Waals surface area contributed by atoms with E-state index in [1.54, 1.807) is 0 Å². The van der Waals surface area contributed by atoms with E-state index >= 15 is 9.59 Å². The molecular formula is C103H166N4O14. The summed E-state index contributed by atoms with van der Waals surface area (Å²) < 4.78 is 25.0. The van der Waals surface area contributed by atoms with Crippen LogP contribution in [0.15, 0.2) is 68.4 Å². The summed E-state index contributed by atoms with van der Waals surface area (Å²) >= 11 is 0. The summed E-state index contributed by atoms with van der Waals surface area (Å²) in [5.41, 5.74) is 12.7. The van der Waals surface area contributed by atoms with Crippen molar-refractivity contribution in [2.24, 2.45) is 126 Å².